The summed E-state index contributed by atoms with van der Waals surface area (Å²) in [5.74, 6) is -1.61. The molecule has 9 heteroatoms. The summed E-state index contributed by atoms with van der Waals surface area (Å²) in [6.45, 7) is 0. The molecule has 0 atom stereocenters. The van der Waals surface area contributed by atoms with E-state index in [0.717, 1.165) is 13.2 Å². The Morgan fingerprint density at radius 3 is 2.39 bits per heavy atom. The Labute approximate surface area is 194 Å². The Kier molecular flexibility index (Phi) is 8.04. The van der Waals surface area contributed by atoms with Crippen molar-refractivity contribution >= 4 is 40.9 Å². The van der Waals surface area contributed by atoms with Crippen LogP contribution in [0.2, 0.25) is 0 Å². The lowest BCUT2D eigenvalue weighted by molar-refractivity contribution is -0.113. The van der Waals surface area contributed by atoms with Gasteiger partial charge >= 0.3 is 5.97 Å². The third-order valence-corrected chi connectivity index (χ3v) is 5.55. The molecule has 0 aromatic heterocycles. The topological polar surface area (TPSA) is 93.7 Å². The van der Waals surface area contributed by atoms with E-state index in [9.17, 15) is 18.8 Å². The minimum Gasteiger partial charge on any atom is -0.497 e. The molecule has 0 saturated carbocycles. The first kappa shape index (κ1) is 23.8. The lowest BCUT2D eigenvalue weighted by atomic mass is 10.1. The molecule has 0 aliphatic heterocycles. The molecule has 0 aliphatic carbocycles. The highest BCUT2D eigenvalue weighted by molar-refractivity contribution is 8.00. The number of benzene rings is 3. The summed E-state index contributed by atoms with van der Waals surface area (Å²) in [5, 5.41) is 5.43. The molecular formula is C24H21FN2O5S. The smallest absolute Gasteiger partial charge is 0.340 e. The van der Waals surface area contributed by atoms with Crippen molar-refractivity contribution in [3.63, 3.8) is 0 Å². The molecule has 0 fully saturated rings. The molecule has 0 heterocycles. The van der Waals surface area contributed by atoms with Crippen LogP contribution in [0.1, 0.15) is 20.7 Å². The number of rotatable bonds is 8. The van der Waals surface area contributed by atoms with Gasteiger partial charge in [0, 0.05) is 22.3 Å². The van der Waals surface area contributed by atoms with E-state index in [1.54, 1.807) is 55.6 Å². The van der Waals surface area contributed by atoms with Crippen LogP contribution in [0.3, 0.4) is 0 Å². The summed E-state index contributed by atoms with van der Waals surface area (Å²) in [7, 11) is 2.69. The lowest BCUT2D eigenvalue weighted by Gasteiger charge is -2.11. The number of halogens is 1. The molecule has 0 unspecified atom stereocenters. The minimum absolute atomic E-state index is 0.0739. The minimum atomic E-state index is -0.846. The Hall–Kier alpha value is -3.85. The van der Waals surface area contributed by atoms with Crippen molar-refractivity contribution in [3.05, 3.63) is 83.7 Å². The first-order valence-electron chi connectivity index (χ1n) is 9.76. The number of hydrogen-bond acceptors (Lipinski definition) is 6. The molecule has 3 aromatic carbocycles. The maximum atomic E-state index is 13.8. The second kappa shape index (κ2) is 11.1. The highest BCUT2D eigenvalue weighted by Crippen LogP contribution is 2.25. The van der Waals surface area contributed by atoms with E-state index >= 15 is 0 Å². The second-order valence-corrected chi connectivity index (χ2v) is 7.72. The molecule has 33 heavy (non-hydrogen) atoms. The normalized spacial score (nSPS) is 10.3. The number of carbonyl (C=O) groups excluding carboxylic acids is 3. The van der Waals surface area contributed by atoms with Crippen molar-refractivity contribution < 1.29 is 28.2 Å². The highest BCUT2D eigenvalue weighted by Gasteiger charge is 2.16. The number of nitrogens with one attached hydrogen (secondary N) is 2. The van der Waals surface area contributed by atoms with E-state index < -0.39 is 17.7 Å². The standard InChI is InChI=1S/C24H21FN2O5S/c1-31-17-7-5-6-15(12-17)26-22(28)14-33-21-9-4-3-8-18(21)23(29)27-16-10-11-20(25)19(13-16)24(30)32-2/h3-13H,14H2,1-2H3,(H,26,28)(H,27,29). The van der Waals surface area contributed by atoms with E-state index in [2.05, 4.69) is 15.4 Å². The van der Waals surface area contributed by atoms with Gasteiger partial charge in [-0.25, -0.2) is 9.18 Å². The lowest BCUT2D eigenvalue weighted by Crippen LogP contribution is -2.16. The van der Waals surface area contributed by atoms with Crippen LogP contribution in [-0.4, -0.2) is 37.8 Å². The van der Waals surface area contributed by atoms with Crippen molar-refractivity contribution in [2.24, 2.45) is 0 Å². The van der Waals surface area contributed by atoms with Gasteiger partial charge in [-0.15, -0.1) is 11.8 Å². The zero-order chi connectivity index (χ0) is 23.8. The number of ether oxygens (including phenoxy) is 2. The third-order valence-electron chi connectivity index (χ3n) is 4.47. The van der Waals surface area contributed by atoms with Crippen molar-refractivity contribution in [1.29, 1.82) is 0 Å². The zero-order valence-corrected chi connectivity index (χ0v) is 18.7. The second-order valence-electron chi connectivity index (χ2n) is 6.71. The van der Waals surface area contributed by atoms with Gasteiger partial charge in [0.2, 0.25) is 5.91 Å². The maximum Gasteiger partial charge on any atom is 0.340 e. The van der Waals surface area contributed by atoms with Crippen LogP contribution < -0.4 is 15.4 Å². The monoisotopic (exact) mass is 468 g/mol. The summed E-state index contributed by atoms with van der Waals surface area (Å²) in [4.78, 5) is 37.5. The molecule has 3 aromatic rings. The van der Waals surface area contributed by atoms with Crippen LogP contribution >= 0.6 is 11.8 Å². The summed E-state index contributed by atoms with van der Waals surface area (Å²) < 4.78 is 23.5. The van der Waals surface area contributed by atoms with Crippen molar-refractivity contribution in [3.8, 4) is 5.75 Å². The molecule has 0 saturated heterocycles. The van der Waals surface area contributed by atoms with Gasteiger partial charge in [-0.3, -0.25) is 9.59 Å². The van der Waals surface area contributed by atoms with E-state index in [1.807, 2.05) is 0 Å². The molecule has 3 rings (SSSR count). The number of hydrogen-bond donors (Lipinski definition) is 2. The average Bonchev–Trinajstić information content (AvgIpc) is 2.83. The van der Waals surface area contributed by atoms with E-state index in [-0.39, 0.29) is 22.9 Å². The van der Waals surface area contributed by atoms with Crippen LogP contribution in [0.4, 0.5) is 15.8 Å². The highest BCUT2D eigenvalue weighted by atomic mass is 32.2. The van der Waals surface area contributed by atoms with Crippen molar-refractivity contribution in [2.45, 2.75) is 4.90 Å². The number of anilines is 2. The molecule has 170 valence electrons. The molecule has 7 nitrogen and oxygen atoms in total. The van der Waals surface area contributed by atoms with Gasteiger partial charge < -0.3 is 20.1 Å². The fourth-order valence-electron chi connectivity index (χ4n) is 2.89. The molecule has 0 bridgehead atoms. The number of methoxy groups -OCH3 is 2. The number of thioether (sulfide) groups is 1. The Morgan fingerprint density at radius 2 is 1.64 bits per heavy atom. The Bertz CT molecular complexity index is 1190. The van der Waals surface area contributed by atoms with E-state index in [0.29, 0.717) is 21.9 Å². The maximum absolute atomic E-state index is 13.8. The van der Waals surface area contributed by atoms with Crippen molar-refractivity contribution in [1.82, 2.24) is 0 Å². The summed E-state index contributed by atoms with van der Waals surface area (Å²) in [6.07, 6.45) is 0. The summed E-state index contributed by atoms with van der Waals surface area (Å²) in [5.41, 5.74) is 0.883. The number of amides is 2. The molecule has 2 amide bonds. The van der Waals surface area contributed by atoms with Crippen LogP contribution in [0, 0.1) is 5.82 Å². The number of esters is 1. The average molecular weight is 469 g/mol. The molecular weight excluding hydrogens is 447 g/mol. The quantitative estimate of drug-likeness (QED) is 0.371. The van der Waals surface area contributed by atoms with Crippen molar-refractivity contribution in [2.75, 3.05) is 30.6 Å². The Morgan fingerprint density at radius 1 is 0.879 bits per heavy atom. The SMILES string of the molecule is COC(=O)c1cc(NC(=O)c2ccccc2SCC(=O)Nc2cccc(OC)c2)ccc1F. The van der Waals surface area contributed by atoms with Gasteiger partial charge in [-0.2, -0.15) is 0 Å². The predicted molar refractivity (Wildman–Crippen MR) is 124 cm³/mol. The van der Waals surface area contributed by atoms with Gasteiger partial charge in [0.15, 0.2) is 0 Å². The van der Waals surface area contributed by atoms with E-state index in [4.69, 9.17) is 4.74 Å². The molecule has 2 N–H and O–H groups in total. The Balaban J connectivity index is 1.68. The van der Waals surface area contributed by atoms with Crippen LogP contribution in [0.15, 0.2) is 71.6 Å². The van der Waals surface area contributed by atoms with Crippen LogP contribution in [-0.2, 0) is 9.53 Å². The third kappa shape index (κ3) is 6.33. The largest absolute Gasteiger partial charge is 0.497 e. The fraction of sp³-hybridized carbons (Fsp3) is 0.125. The first-order chi connectivity index (χ1) is 15.9. The van der Waals surface area contributed by atoms with Crippen LogP contribution in [0.5, 0.6) is 5.75 Å². The van der Waals surface area contributed by atoms with Crippen LogP contribution in [0.25, 0.3) is 0 Å². The summed E-state index contributed by atoms with van der Waals surface area (Å²) >= 11 is 1.20. The van der Waals surface area contributed by atoms with Gasteiger partial charge in [0.1, 0.15) is 11.6 Å². The molecule has 0 radical (unpaired) electrons. The van der Waals surface area contributed by atoms with E-state index in [1.165, 1.54) is 23.9 Å². The fourth-order valence-corrected chi connectivity index (χ4v) is 3.74. The van der Waals surface area contributed by atoms with Gasteiger partial charge in [0.05, 0.1) is 31.1 Å². The summed E-state index contributed by atoms with van der Waals surface area (Å²) in [6, 6.07) is 17.4. The number of carbonyl (C=O) groups is 3. The predicted octanol–water partition coefficient (Wildman–Crippen LogP) is 4.60. The first-order valence-corrected chi connectivity index (χ1v) is 10.7. The van der Waals surface area contributed by atoms with Gasteiger partial charge in [-0.05, 0) is 42.5 Å². The molecule has 0 spiro atoms. The molecule has 0 aliphatic rings. The van der Waals surface area contributed by atoms with Gasteiger partial charge in [0.25, 0.3) is 5.91 Å². The van der Waals surface area contributed by atoms with Gasteiger partial charge in [-0.1, -0.05) is 18.2 Å². The zero-order valence-electron chi connectivity index (χ0n) is 17.9.